The van der Waals surface area contributed by atoms with E-state index in [1.807, 2.05) is 24.3 Å². The largest absolute Gasteiger partial charge is 0.496 e. The molecule has 0 radical (unpaired) electrons. The van der Waals surface area contributed by atoms with Gasteiger partial charge in [0.2, 0.25) is 11.8 Å². The number of carbonyl (C=O) groups excluding carboxylic acids is 2. The Morgan fingerprint density at radius 3 is 2.76 bits per heavy atom. The first-order valence-corrected chi connectivity index (χ1v) is 8.45. The van der Waals surface area contributed by atoms with Crippen molar-refractivity contribution in [2.45, 2.75) is 51.0 Å². The topological polar surface area (TPSA) is 96.9 Å². The lowest BCUT2D eigenvalue weighted by molar-refractivity contribution is -0.135. The van der Waals surface area contributed by atoms with Gasteiger partial charge in [-0.3, -0.25) is 9.59 Å². The van der Waals surface area contributed by atoms with E-state index in [-0.39, 0.29) is 37.0 Å². The number of ether oxygens (including phenoxy) is 2. The summed E-state index contributed by atoms with van der Waals surface area (Å²) in [7, 11) is 1.59. The van der Waals surface area contributed by atoms with Crippen molar-refractivity contribution in [2.75, 3.05) is 13.7 Å². The van der Waals surface area contributed by atoms with Crippen molar-refractivity contribution >= 4 is 11.8 Å². The van der Waals surface area contributed by atoms with E-state index in [9.17, 15) is 14.7 Å². The number of nitrogens with one attached hydrogen (secondary N) is 2. The minimum absolute atomic E-state index is 0.120. The molecule has 1 heterocycles. The molecule has 138 valence electrons. The highest BCUT2D eigenvalue weighted by Gasteiger charge is 2.32. The number of methoxy groups -OCH3 is 1. The molecule has 0 spiro atoms. The van der Waals surface area contributed by atoms with E-state index >= 15 is 0 Å². The summed E-state index contributed by atoms with van der Waals surface area (Å²) in [4.78, 5) is 23.4. The van der Waals surface area contributed by atoms with Crippen molar-refractivity contribution in [3.63, 3.8) is 0 Å². The van der Waals surface area contributed by atoms with E-state index in [1.165, 1.54) is 6.92 Å². The molecule has 0 aromatic heterocycles. The first kappa shape index (κ1) is 19.2. The minimum Gasteiger partial charge on any atom is -0.496 e. The average molecular weight is 350 g/mol. The maximum Gasteiger partial charge on any atom is 0.222 e. The molecule has 25 heavy (non-hydrogen) atoms. The summed E-state index contributed by atoms with van der Waals surface area (Å²) >= 11 is 0. The second kappa shape index (κ2) is 9.39. The molecule has 0 bridgehead atoms. The van der Waals surface area contributed by atoms with Gasteiger partial charge in [-0.05, 0) is 18.9 Å². The first-order valence-electron chi connectivity index (χ1n) is 8.45. The molecule has 1 aliphatic heterocycles. The molecule has 2 amide bonds. The van der Waals surface area contributed by atoms with Crippen LogP contribution in [0.3, 0.4) is 0 Å². The van der Waals surface area contributed by atoms with E-state index in [1.54, 1.807) is 7.11 Å². The molecular formula is C18H26N2O5. The lowest BCUT2D eigenvalue weighted by atomic mass is 9.97. The molecule has 7 nitrogen and oxygen atoms in total. The highest BCUT2D eigenvalue weighted by atomic mass is 16.5. The van der Waals surface area contributed by atoms with Crippen LogP contribution in [0.4, 0.5) is 0 Å². The molecule has 1 fully saturated rings. The van der Waals surface area contributed by atoms with Gasteiger partial charge in [0.1, 0.15) is 11.9 Å². The van der Waals surface area contributed by atoms with Gasteiger partial charge >= 0.3 is 0 Å². The summed E-state index contributed by atoms with van der Waals surface area (Å²) in [5, 5.41) is 15.1. The Kier molecular flexibility index (Phi) is 7.21. The molecule has 0 saturated carbocycles. The van der Waals surface area contributed by atoms with Crippen LogP contribution >= 0.6 is 0 Å². The van der Waals surface area contributed by atoms with Gasteiger partial charge in [-0.1, -0.05) is 18.2 Å². The number of amides is 2. The number of aliphatic hydroxyl groups excluding tert-OH is 1. The van der Waals surface area contributed by atoms with Crippen LogP contribution in [0.5, 0.6) is 5.75 Å². The van der Waals surface area contributed by atoms with Crippen LogP contribution < -0.4 is 15.4 Å². The van der Waals surface area contributed by atoms with Crippen LogP contribution in [0.2, 0.25) is 0 Å². The molecule has 1 aliphatic rings. The van der Waals surface area contributed by atoms with E-state index in [4.69, 9.17) is 9.47 Å². The fourth-order valence-corrected chi connectivity index (χ4v) is 3.03. The van der Waals surface area contributed by atoms with E-state index in [0.717, 1.165) is 11.3 Å². The lowest BCUT2D eigenvalue weighted by Crippen LogP contribution is -2.51. The number of benzene rings is 1. The van der Waals surface area contributed by atoms with E-state index in [2.05, 4.69) is 10.6 Å². The summed E-state index contributed by atoms with van der Waals surface area (Å²) < 4.78 is 11.0. The molecule has 0 unspecified atom stereocenters. The number of para-hydroxylation sites is 1. The zero-order valence-corrected chi connectivity index (χ0v) is 14.7. The molecule has 1 saturated heterocycles. The predicted molar refractivity (Wildman–Crippen MR) is 92.0 cm³/mol. The number of hydrogen-bond acceptors (Lipinski definition) is 5. The predicted octanol–water partition coefficient (Wildman–Crippen LogP) is 0.746. The zero-order chi connectivity index (χ0) is 18.2. The van der Waals surface area contributed by atoms with Gasteiger partial charge in [0.15, 0.2) is 0 Å². The third-order valence-electron chi connectivity index (χ3n) is 4.27. The molecule has 1 aromatic carbocycles. The van der Waals surface area contributed by atoms with Gasteiger partial charge in [-0.25, -0.2) is 0 Å². The number of carbonyl (C=O) groups is 2. The smallest absolute Gasteiger partial charge is 0.222 e. The van der Waals surface area contributed by atoms with Gasteiger partial charge < -0.3 is 25.2 Å². The fraction of sp³-hybridized carbons (Fsp3) is 0.556. The van der Waals surface area contributed by atoms with Crippen molar-refractivity contribution in [1.82, 2.24) is 10.6 Å². The second-order valence-electron chi connectivity index (χ2n) is 6.16. The maximum absolute atomic E-state index is 12.2. The Morgan fingerprint density at radius 1 is 1.32 bits per heavy atom. The minimum atomic E-state index is -0.482. The Hall–Kier alpha value is -2.12. The van der Waals surface area contributed by atoms with Crippen LogP contribution in [0.1, 0.15) is 31.7 Å². The highest BCUT2D eigenvalue weighted by Crippen LogP contribution is 2.22. The Bertz CT molecular complexity index is 593. The quantitative estimate of drug-likeness (QED) is 0.674. The molecule has 3 N–H and O–H groups in total. The van der Waals surface area contributed by atoms with E-state index < -0.39 is 6.10 Å². The third-order valence-corrected chi connectivity index (χ3v) is 4.27. The summed E-state index contributed by atoms with van der Waals surface area (Å²) in [5.74, 6) is 0.459. The Morgan fingerprint density at radius 2 is 2.08 bits per heavy atom. The van der Waals surface area contributed by atoms with Gasteiger partial charge in [-0.15, -0.1) is 0 Å². The van der Waals surface area contributed by atoms with Crippen molar-refractivity contribution in [3.05, 3.63) is 29.8 Å². The number of hydrogen-bond donors (Lipinski definition) is 3. The standard InChI is InChI=1S/C18H26N2O5/c1-12(22)20-15-8-7-14(25-17(15)11-21)9-18(23)19-10-13-5-3-4-6-16(13)24-2/h3-6,14-15,17,21H,7-11H2,1-2H3,(H,19,23)(H,20,22)/t14-,15+,17-/m1/s1. The second-order valence-corrected chi connectivity index (χ2v) is 6.16. The SMILES string of the molecule is COc1ccccc1CNC(=O)C[C@H]1CC[C@H](NC(C)=O)[C@@H](CO)O1. The van der Waals surface area contributed by atoms with Crippen molar-refractivity contribution in [1.29, 1.82) is 0 Å². The zero-order valence-electron chi connectivity index (χ0n) is 14.7. The summed E-state index contributed by atoms with van der Waals surface area (Å²) in [6.07, 6.45) is 0.807. The van der Waals surface area contributed by atoms with Crippen LogP contribution in [0.25, 0.3) is 0 Å². The third kappa shape index (κ3) is 5.72. The van der Waals surface area contributed by atoms with Gasteiger partial charge in [0.05, 0.1) is 32.3 Å². The van der Waals surface area contributed by atoms with Gasteiger partial charge in [0.25, 0.3) is 0 Å². The molecule has 7 heteroatoms. The molecule has 0 aliphatic carbocycles. The van der Waals surface area contributed by atoms with Crippen LogP contribution in [-0.2, 0) is 20.9 Å². The molecule has 3 atom stereocenters. The van der Waals surface area contributed by atoms with Crippen LogP contribution in [0.15, 0.2) is 24.3 Å². The van der Waals surface area contributed by atoms with Crippen molar-refractivity contribution in [2.24, 2.45) is 0 Å². The maximum atomic E-state index is 12.2. The van der Waals surface area contributed by atoms with Crippen LogP contribution in [-0.4, -0.2) is 48.9 Å². The molecule has 1 aromatic rings. The van der Waals surface area contributed by atoms with Gasteiger partial charge in [0, 0.05) is 19.0 Å². The summed E-state index contributed by atoms with van der Waals surface area (Å²) in [6.45, 7) is 1.63. The molecular weight excluding hydrogens is 324 g/mol. The Balaban J connectivity index is 1.82. The summed E-state index contributed by atoms with van der Waals surface area (Å²) in [5.41, 5.74) is 0.905. The number of aliphatic hydroxyl groups is 1. The summed E-state index contributed by atoms with van der Waals surface area (Å²) in [6, 6.07) is 7.30. The Labute approximate surface area is 147 Å². The highest BCUT2D eigenvalue weighted by molar-refractivity contribution is 5.76. The number of rotatable bonds is 7. The lowest BCUT2D eigenvalue weighted by Gasteiger charge is -2.35. The van der Waals surface area contributed by atoms with E-state index in [0.29, 0.717) is 19.4 Å². The average Bonchev–Trinajstić information content (AvgIpc) is 2.61. The monoisotopic (exact) mass is 350 g/mol. The first-order chi connectivity index (χ1) is 12.0. The normalized spacial score (nSPS) is 22.9. The molecule has 2 rings (SSSR count). The van der Waals surface area contributed by atoms with Crippen LogP contribution in [0, 0.1) is 0 Å². The fourth-order valence-electron chi connectivity index (χ4n) is 3.03. The van der Waals surface area contributed by atoms with Crippen molar-refractivity contribution in [3.8, 4) is 5.75 Å². The van der Waals surface area contributed by atoms with Crippen molar-refractivity contribution < 1.29 is 24.2 Å². The van der Waals surface area contributed by atoms with Gasteiger partial charge in [-0.2, -0.15) is 0 Å².